The van der Waals surface area contributed by atoms with Crippen LogP contribution in [0.2, 0.25) is 0 Å². The molecule has 0 bridgehead atoms. The average molecular weight is 266 g/mol. The van der Waals surface area contributed by atoms with E-state index in [0.717, 1.165) is 5.69 Å². The molecule has 0 N–H and O–H groups in total. The molecule has 0 aliphatic rings. The number of hydrogen-bond donors (Lipinski definition) is 0. The lowest BCUT2D eigenvalue weighted by Crippen LogP contribution is -2.20. The summed E-state index contributed by atoms with van der Waals surface area (Å²) in [5.74, 6) is -0.277. The zero-order valence-corrected chi connectivity index (χ0v) is 11.4. The molecule has 0 saturated heterocycles. The van der Waals surface area contributed by atoms with Crippen LogP contribution in [0.25, 0.3) is 0 Å². The number of rotatable bonds is 3. The molecular weight excluding hydrogens is 250 g/mol. The topological polar surface area (TPSA) is 64.8 Å². The molecule has 7 heteroatoms. The van der Waals surface area contributed by atoms with Gasteiger partial charge in [0, 0.05) is 22.6 Å². The number of hydrogen-bond acceptors (Lipinski definition) is 4. The normalized spacial score (nSPS) is 13.1. The van der Waals surface area contributed by atoms with Crippen molar-refractivity contribution >= 4 is 19.7 Å². The predicted molar refractivity (Wildman–Crippen MR) is 62.9 cm³/mol. The number of aryl methyl sites for hydroxylation is 1. The van der Waals surface area contributed by atoms with Crippen molar-refractivity contribution in [1.82, 2.24) is 15.0 Å². The monoisotopic (exact) mass is 265 g/mol. The molecule has 5 nitrogen and oxygen atoms in total. The van der Waals surface area contributed by atoms with Crippen LogP contribution in [0.3, 0.4) is 0 Å². The van der Waals surface area contributed by atoms with Gasteiger partial charge in [-0.2, -0.15) is 0 Å². The SMILES string of the molecule is CCn1nnc(CS(=O)(=O)Cl)c1C(C)(C)C. The minimum Gasteiger partial charge on any atom is -0.249 e. The van der Waals surface area contributed by atoms with Crippen LogP contribution in [0.4, 0.5) is 0 Å². The van der Waals surface area contributed by atoms with Crippen LogP contribution in [0.5, 0.6) is 0 Å². The van der Waals surface area contributed by atoms with Gasteiger partial charge in [0.05, 0.1) is 5.69 Å². The van der Waals surface area contributed by atoms with Crippen molar-refractivity contribution in [1.29, 1.82) is 0 Å². The van der Waals surface area contributed by atoms with Gasteiger partial charge in [-0.05, 0) is 6.92 Å². The first-order valence-corrected chi connectivity index (χ1v) is 7.48. The van der Waals surface area contributed by atoms with Crippen LogP contribution in [0.15, 0.2) is 0 Å². The fourth-order valence-electron chi connectivity index (χ4n) is 1.65. The van der Waals surface area contributed by atoms with Gasteiger partial charge in [0.15, 0.2) is 0 Å². The molecule has 16 heavy (non-hydrogen) atoms. The van der Waals surface area contributed by atoms with Crippen molar-refractivity contribution in [3.63, 3.8) is 0 Å². The van der Waals surface area contributed by atoms with E-state index in [1.54, 1.807) is 4.68 Å². The summed E-state index contributed by atoms with van der Waals surface area (Å²) < 4.78 is 23.8. The largest absolute Gasteiger partial charge is 0.249 e. The Hall–Kier alpha value is -0.620. The molecule has 0 radical (unpaired) electrons. The second-order valence-electron chi connectivity index (χ2n) is 4.63. The van der Waals surface area contributed by atoms with Gasteiger partial charge < -0.3 is 0 Å². The first-order chi connectivity index (χ1) is 7.15. The lowest BCUT2D eigenvalue weighted by Gasteiger charge is -2.20. The maximum Gasteiger partial charge on any atom is 0.238 e. The van der Waals surface area contributed by atoms with Crippen LogP contribution in [0.1, 0.15) is 39.1 Å². The second kappa shape index (κ2) is 4.33. The maximum atomic E-state index is 11.1. The van der Waals surface area contributed by atoms with Crippen LogP contribution in [-0.4, -0.2) is 23.4 Å². The molecule has 0 aromatic carbocycles. The Kier molecular flexibility index (Phi) is 3.64. The van der Waals surface area contributed by atoms with Gasteiger partial charge in [0.1, 0.15) is 11.4 Å². The predicted octanol–water partition coefficient (Wildman–Crippen LogP) is 1.66. The van der Waals surface area contributed by atoms with Gasteiger partial charge in [-0.15, -0.1) is 5.10 Å². The molecule has 0 aliphatic heterocycles. The van der Waals surface area contributed by atoms with Crippen molar-refractivity contribution in [3.05, 3.63) is 11.4 Å². The highest BCUT2D eigenvalue weighted by atomic mass is 35.7. The standard InChI is InChI=1S/C9H16ClN3O2S/c1-5-13-8(9(2,3)4)7(11-12-13)6-16(10,14)15/h5-6H2,1-4H3. The van der Waals surface area contributed by atoms with E-state index in [4.69, 9.17) is 10.7 Å². The third-order valence-corrected chi connectivity index (χ3v) is 3.07. The summed E-state index contributed by atoms with van der Waals surface area (Å²) in [6, 6.07) is 0. The summed E-state index contributed by atoms with van der Waals surface area (Å²) >= 11 is 0. The first kappa shape index (κ1) is 13.4. The molecule has 1 aromatic heterocycles. The summed E-state index contributed by atoms with van der Waals surface area (Å²) in [5.41, 5.74) is 1.04. The summed E-state index contributed by atoms with van der Waals surface area (Å²) in [6.45, 7) is 8.55. The smallest absolute Gasteiger partial charge is 0.238 e. The number of nitrogens with zero attached hydrogens (tertiary/aromatic N) is 3. The van der Waals surface area contributed by atoms with Gasteiger partial charge in [-0.3, -0.25) is 0 Å². The molecule has 0 atom stereocenters. The average Bonchev–Trinajstić information content (AvgIpc) is 2.43. The Bertz CT molecular complexity index is 473. The van der Waals surface area contributed by atoms with Gasteiger partial charge in [-0.1, -0.05) is 26.0 Å². The van der Waals surface area contributed by atoms with Gasteiger partial charge in [0.2, 0.25) is 9.05 Å². The van der Waals surface area contributed by atoms with Crippen molar-refractivity contribution in [2.75, 3.05) is 0 Å². The quantitative estimate of drug-likeness (QED) is 0.780. The van der Waals surface area contributed by atoms with Crippen LogP contribution < -0.4 is 0 Å². The van der Waals surface area contributed by atoms with Crippen molar-refractivity contribution in [2.45, 2.75) is 45.4 Å². The Morgan fingerprint density at radius 1 is 1.38 bits per heavy atom. The molecule has 1 heterocycles. The lowest BCUT2D eigenvalue weighted by atomic mass is 9.90. The number of halogens is 1. The lowest BCUT2D eigenvalue weighted by molar-refractivity contribution is 0.491. The molecule has 1 aromatic rings. The molecule has 0 saturated carbocycles. The van der Waals surface area contributed by atoms with Crippen LogP contribution >= 0.6 is 10.7 Å². The Morgan fingerprint density at radius 3 is 2.31 bits per heavy atom. The highest BCUT2D eigenvalue weighted by Crippen LogP contribution is 2.26. The zero-order chi connectivity index (χ0) is 12.6. The van der Waals surface area contributed by atoms with Crippen LogP contribution in [-0.2, 0) is 26.8 Å². The fraction of sp³-hybridized carbons (Fsp3) is 0.778. The molecule has 1 rings (SSSR count). The minimum atomic E-state index is -3.60. The van der Waals surface area contributed by atoms with E-state index in [1.165, 1.54) is 0 Å². The molecular formula is C9H16ClN3O2S. The second-order valence-corrected chi connectivity index (χ2v) is 7.41. The van der Waals surface area contributed by atoms with Crippen molar-refractivity contribution in [2.24, 2.45) is 0 Å². The molecule has 0 fully saturated rings. The Balaban J connectivity index is 3.26. The molecule has 0 unspecified atom stereocenters. The van der Waals surface area contributed by atoms with E-state index in [0.29, 0.717) is 12.2 Å². The van der Waals surface area contributed by atoms with Crippen molar-refractivity contribution < 1.29 is 8.42 Å². The van der Waals surface area contributed by atoms with Gasteiger partial charge >= 0.3 is 0 Å². The third-order valence-electron chi connectivity index (χ3n) is 2.12. The summed E-state index contributed by atoms with van der Waals surface area (Å²) in [4.78, 5) is 0. The first-order valence-electron chi connectivity index (χ1n) is 5.00. The van der Waals surface area contributed by atoms with E-state index in [2.05, 4.69) is 10.3 Å². The summed E-state index contributed by atoms with van der Waals surface area (Å²) in [7, 11) is 1.64. The Morgan fingerprint density at radius 2 is 1.94 bits per heavy atom. The van der Waals surface area contributed by atoms with E-state index in [-0.39, 0.29) is 11.2 Å². The van der Waals surface area contributed by atoms with Crippen molar-refractivity contribution in [3.8, 4) is 0 Å². The van der Waals surface area contributed by atoms with Crippen LogP contribution in [0, 0.1) is 0 Å². The molecule has 92 valence electrons. The third kappa shape index (κ3) is 3.18. The molecule has 0 spiro atoms. The van der Waals surface area contributed by atoms with E-state index < -0.39 is 9.05 Å². The van der Waals surface area contributed by atoms with Gasteiger partial charge in [-0.25, -0.2) is 13.1 Å². The maximum absolute atomic E-state index is 11.1. The van der Waals surface area contributed by atoms with Gasteiger partial charge in [0.25, 0.3) is 0 Å². The fourth-order valence-corrected chi connectivity index (χ4v) is 2.48. The Labute approximate surface area is 100 Å². The molecule has 0 amide bonds. The van der Waals surface area contributed by atoms with E-state index in [9.17, 15) is 8.42 Å². The van der Waals surface area contributed by atoms with E-state index >= 15 is 0 Å². The zero-order valence-electron chi connectivity index (χ0n) is 9.86. The summed E-state index contributed by atoms with van der Waals surface area (Å²) in [5, 5.41) is 7.82. The number of aromatic nitrogens is 3. The molecule has 0 aliphatic carbocycles. The van der Waals surface area contributed by atoms with E-state index in [1.807, 2.05) is 27.7 Å². The highest BCUT2D eigenvalue weighted by molar-refractivity contribution is 8.13. The minimum absolute atomic E-state index is 0.212. The highest BCUT2D eigenvalue weighted by Gasteiger charge is 2.26. The summed E-state index contributed by atoms with van der Waals surface area (Å²) in [6.07, 6.45) is 0.